The Balaban J connectivity index is 1.56. The van der Waals surface area contributed by atoms with Gasteiger partial charge in [0.25, 0.3) is 0 Å². The monoisotopic (exact) mass is 329 g/mol. The van der Waals surface area contributed by atoms with E-state index in [4.69, 9.17) is 16.1 Å². The number of hydrogen-bond acceptors (Lipinski definition) is 6. The van der Waals surface area contributed by atoms with Crippen molar-refractivity contribution in [2.75, 3.05) is 17.2 Å². The quantitative estimate of drug-likeness (QED) is 0.716. The summed E-state index contributed by atoms with van der Waals surface area (Å²) in [6.45, 7) is 2.59. The van der Waals surface area contributed by atoms with Crippen molar-refractivity contribution in [1.82, 2.24) is 15.1 Å². The van der Waals surface area contributed by atoms with Gasteiger partial charge in [-0.15, -0.1) is 0 Å². The zero-order valence-electron chi connectivity index (χ0n) is 12.6. The number of anilines is 3. The van der Waals surface area contributed by atoms with Crippen LogP contribution in [0, 0.1) is 6.92 Å². The van der Waals surface area contributed by atoms with E-state index in [2.05, 4.69) is 25.8 Å². The summed E-state index contributed by atoms with van der Waals surface area (Å²) < 4.78 is 5.00. The molecule has 2 heterocycles. The average Bonchev–Trinajstić information content (AvgIpc) is 2.95. The Morgan fingerprint density at radius 3 is 2.70 bits per heavy atom. The van der Waals surface area contributed by atoms with Gasteiger partial charge >= 0.3 is 0 Å². The molecule has 1 aromatic carbocycles. The molecule has 0 aliphatic rings. The number of benzene rings is 1. The van der Waals surface area contributed by atoms with E-state index in [0.717, 1.165) is 29.6 Å². The van der Waals surface area contributed by atoms with Crippen LogP contribution < -0.4 is 10.6 Å². The third-order valence-corrected chi connectivity index (χ3v) is 3.41. The predicted octanol–water partition coefficient (Wildman–Crippen LogP) is 3.82. The molecule has 0 spiro atoms. The van der Waals surface area contributed by atoms with E-state index in [-0.39, 0.29) is 0 Å². The molecule has 0 aliphatic heterocycles. The second kappa shape index (κ2) is 7.11. The Morgan fingerprint density at radius 2 is 1.96 bits per heavy atom. The van der Waals surface area contributed by atoms with Gasteiger partial charge in [-0.05, 0) is 37.1 Å². The minimum Gasteiger partial charge on any atom is -0.370 e. The van der Waals surface area contributed by atoms with Crippen LogP contribution in [-0.4, -0.2) is 21.7 Å². The van der Waals surface area contributed by atoms with Crippen molar-refractivity contribution in [2.45, 2.75) is 13.3 Å². The van der Waals surface area contributed by atoms with Crippen LogP contribution in [0.5, 0.6) is 0 Å². The summed E-state index contributed by atoms with van der Waals surface area (Å²) in [5.74, 6) is 2.53. The lowest BCUT2D eigenvalue weighted by Crippen LogP contribution is -2.07. The van der Waals surface area contributed by atoms with Crippen LogP contribution in [0.25, 0.3) is 0 Å². The molecule has 0 radical (unpaired) electrons. The Kier molecular flexibility index (Phi) is 4.73. The van der Waals surface area contributed by atoms with Gasteiger partial charge in [0.15, 0.2) is 5.82 Å². The maximum absolute atomic E-state index is 5.88. The summed E-state index contributed by atoms with van der Waals surface area (Å²) in [6.07, 6.45) is 2.57. The summed E-state index contributed by atoms with van der Waals surface area (Å²) in [6, 6.07) is 11.4. The normalized spacial score (nSPS) is 10.5. The second-order valence-corrected chi connectivity index (χ2v) is 5.45. The van der Waals surface area contributed by atoms with Gasteiger partial charge in [0, 0.05) is 23.8 Å². The molecule has 0 saturated heterocycles. The molecule has 2 aromatic heterocycles. The number of nitrogens with one attached hydrogen (secondary N) is 2. The van der Waals surface area contributed by atoms with E-state index in [9.17, 15) is 0 Å². The summed E-state index contributed by atoms with van der Waals surface area (Å²) in [5, 5.41) is 10.9. The first kappa shape index (κ1) is 15.3. The summed E-state index contributed by atoms with van der Waals surface area (Å²) >= 11 is 5.88. The van der Waals surface area contributed by atoms with Gasteiger partial charge in [-0.25, -0.2) is 4.98 Å². The van der Waals surface area contributed by atoms with Crippen LogP contribution in [0.3, 0.4) is 0 Å². The van der Waals surface area contributed by atoms with Gasteiger partial charge in [-0.2, -0.15) is 4.98 Å². The minimum atomic E-state index is 0.467. The molecule has 0 fully saturated rings. The van der Waals surface area contributed by atoms with Crippen molar-refractivity contribution >= 4 is 29.2 Å². The molecule has 0 aliphatic carbocycles. The highest BCUT2D eigenvalue weighted by molar-refractivity contribution is 6.30. The van der Waals surface area contributed by atoms with Crippen LogP contribution in [0.15, 0.2) is 47.1 Å². The van der Waals surface area contributed by atoms with Gasteiger partial charge < -0.3 is 15.2 Å². The fourth-order valence-electron chi connectivity index (χ4n) is 2.04. The van der Waals surface area contributed by atoms with Crippen LogP contribution in [0.4, 0.5) is 17.6 Å². The predicted molar refractivity (Wildman–Crippen MR) is 90.2 cm³/mol. The Morgan fingerprint density at radius 1 is 1.13 bits per heavy atom. The SMILES string of the molecule is Cc1cc(Nc2nccc(NCCc3ccc(Cl)cc3)n2)no1. The van der Waals surface area contributed by atoms with E-state index in [0.29, 0.717) is 11.8 Å². The number of aryl methyl sites for hydroxylation is 1. The first-order valence-corrected chi connectivity index (χ1v) is 7.58. The second-order valence-electron chi connectivity index (χ2n) is 5.02. The van der Waals surface area contributed by atoms with Gasteiger partial charge in [0.2, 0.25) is 5.95 Å². The van der Waals surface area contributed by atoms with Crippen LogP contribution in [0.1, 0.15) is 11.3 Å². The molecule has 2 N–H and O–H groups in total. The molecule has 23 heavy (non-hydrogen) atoms. The zero-order valence-corrected chi connectivity index (χ0v) is 13.3. The maximum atomic E-state index is 5.88. The fraction of sp³-hybridized carbons (Fsp3) is 0.188. The number of nitrogens with zero attached hydrogens (tertiary/aromatic N) is 3. The lowest BCUT2D eigenvalue weighted by Gasteiger charge is -2.07. The molecule has 0 saturated carbocycles. The lowest BCUT2D eigenvalue weighted by atomic mass is 10.1. The summed E-state index contributed by atoms with van der Waals surface area (Å²) in [4.78, 5) is 8.55. The topological polar surface area (TPSA) is 75.9 Å². The smallest absolute Gasteiger partial charge is 0.230 e. The third-order valence-electron chi connectivity index (χ3n) is 3.16. The van der Waals surface area contributed by atoms with Gasteiger partial charge in [-0.1, -0.05) is 28.9 Å². The van der Waals surface area contributed by atoms with Crippen molar-refractivity contribution in [2.24, 2.45) is 0 Å². The van der Waals surface area contributed by atoms with Gasteiger partial charge in [0.05, 0.1) is 0 Å². The number of rotatable bonds is 6. The van der Waals surface area contributed by atoms with E-state index >= 15 is 0 Å². The molecule has 0 unspecified atom stereocenters. The molecular weight excluding hydrogens is 314 g/mol. The highest BCUT2D eigenvalue weighted by atomic mass is 35.5. The highest BCUT2D eigenvalue weighted by Crippen LogP contribution is 2.14. The zero-order chi connectivity index (χ0) is 16.1. The largest absolute Gasteiger partial charge is 0.370 e. The van der Waals surface area contributed by atoms with E-state index in [1.165, 1.54) is 5.56 Å². The third kappa shape index (κ3) is 4.43. The molecule has 7 heteroatoms. The molecular formula is C16H16ClN5O. The van der Waals surface area contributed by atoms with Gasteiger partial charge in [-0.3, -0.25) is 0 Å². The average molecular weight is 330 g/mol. The fourth-order valence-corrected chi connectivity index (χ4v) is 2.17. The molecule has 118 valence electrons. The molecule has 6 nitrogen and oxygen atoms in total. The molecule has 3 rings (SSSR count). The Hall–Kier alpha value is -2.60. The number of halogens is 1. The van der Waals surface area contributed by atoms with Crippen molar-refractivity contribution < 1.29 is 4.52 Å². The summed E-state index contributed by atoms with van der Waals surface area (Å²) in [5.41, 5.74) is 1.22. The van der Waals surface area contributed by atoms with Gasteiger partial charge in [0.1, 0.15) is 11.6 Å². The molecule has 0 atom stereocenters. The Labute approximate surface area is 138 Å². The molecule has 3 aromatic rings. The van der Waals surface area contributed by atoms with Crippen molar-refractivity contribution in [3.63, 3.8) is 0 Å². The van der Waals surface area contributed by atoms with Crippen molar-refractivity contribution in [1.29, 1.82) is 0 Å². The van der Waals surface area contributed by atoms with Crippen LogP contribution in [0.2, 0.25) is 5.02 Å². The molecule has 0 bridgehead atoms. The molecule has 0 amide bonds. The van der Waals surface area contributed by atoms with Crippen molar-refractivity contribution in [3.05, 3.63) is 58.9 Å². The van der Waals surface area contributed by atoms with Crippen LogP contribution in [-0.2, 0) is 6.42 Å². The number of hydrogen-bond donors (Lipinski definition) is 2. The maximum Gasteiger partial charge on any atom is 0.230 e. The van der Waals surface area contributed by atoms with E-state index in [1.54, 1.807) is 12.3 Å². The first-order chi connectivity index (χ1) is 11.2. The first-order valence-electron chi connectivity index (χ1n) is 7.21. The minimum absolute atomic E-state index is 0.467. The van der Waals surface area contributed by atoms with Crippen molar-refractivity contribution in [3.8, 4) is 0 Å². The van der Waals surface area contributed by atoms with Crippen LogP contribution >= 0.6 is 11.6 Å². The van der Waals surface area contributed by atoms with E-state index in [1.807, 2.05) is 37.3 Å². The number of aromatic nitrogens is 3. The summed E-state index contributed by atoms with van der Waals surface area (Å²) in [7, 11) is 0. The lowest BCUT2D eigenvalue weighted by molar-refractivity contribution is 0.400. The Bertz CT molecular complexity index is 772. The highest BCUT2D eigenvalue weighted by Gasteiger charge is 2.04. The standard InChI is InChI=1S/C16H16ClN5O/c1-11-10-15(22-23-11)21-16-19-9-7-14(20-16)18-8-6-12-2-4-13(17)5-3-12/h2-5,7,9-10H,6,8H2,1H3,(H2,18,19,20,21,22). The van der Waals surface area contributed by atoms with E-state index < -0.39 is 0 Å².